The Morgan fingerprint density at radius 1 is 0.317 bits per heavy atom. The summed E-state index contributed by atoms with van der Waals surface area (Å²) in [4.78, 5) is 98.3. The van der Waals surface area contributed by atoms with Crippen LogP contribution in [-0.4, -0.2) is 141 Å². The van der Waals surface area contributed by atoms with Crippen LogP contribution >= 0.6 is 0 Å². The zero-order valence-electron chi connectivity index (χ0n) is 76.4. The number of ether oxygens (including phenoxy) is 8. The minimum atomic E-state index is -0.601. The van der Waals surface area contributed by atoms with Gasteiger partial charge in [-0.05, 0) is 251 Å². The molecule has 0 bridgehead atoms. The van der Waals surface area contributed by atoms with E-state index in [1.807, 2.05) is 83.1 Å². The Labute approximate surface area is 718 Å². The first kappa shape index (κ1) is 97.3. The van der Waals surface area contributed by atoms with Crippen molar-refractivity contribution in [2.75, 3.05) is 0 Å². The molecule has 0 spiro atoms. The van der Waals surface area contributed by atoms with E-state index in [1.54, 1.807) is 0 Å². The van der Waals surface area contributed by atoms with Gasteiger partial charge in [-0.2, -0.15) is 0 Å². The van der Waals surface area contributed by atoms with Crippen molar-refractivity contribution >= 4 is 47.8 Å². The van der Waals surface area contributed by atoms with E-state index in [0.29, 0.717) is 96.7 Å². The largest absolute Gasteiger partial charge is 0.462 e. The van der Waals surface area contributed by atoms with Gasteiger partial charge < -0.3 is 58.3 Å². The SMILES string of the molecule is CCC(C)(C)C(=O)O[C@H]1C[C@@H](C)C=C2C=C[C@H](C)[C@H](CC[C@@H]3C[C@@H](O)CC(=O)O3)[C@H]21.CCC(C)(C)C(=O)O[C@H]1C[C@@H](C)C=C2C=C[C@H](C)[C@H](CC[C@@H]3C[C@@H](O)CC(=O)O3)[C@H]21.CCC(C)(C)C(=O)O[C@H]1C[C@@H](C)C=C2C=C[C@H](C)[C@H](CC[C@@H]3C[C@@H](O)CC(=O)O3)[C@H]21.CCC(C)(C)C(=O)O[C@H]1C[C@@H](C)C=C2C=C[C@H](C)[C@H](CC[C@@H]3C[C@@H](O)CC(=O)O3)[C@H]21. The van der Waals surface area contributed by atoms with Crippen LogP contribution in [-0.2, 0) is 76.3 Å². The molecule has 120 heavy (non-hydrogen) atoms. The van der Waals surface area contributed by atoms with Crippen LogP contribution in [0.15, 0.2) is 95.2 Å². The molecule has 8 aliphatic carbocycles. The number of hydrogen-bond donors (Lipinski definition) is 4. The number of hydrogen-bond acceptors (Lipinski definition) is 20. The average molecular weight is 1670 g/mol. The van der Waals surface area contributed by atoms with Gasteiger partial charge in [-0.15, -0.1) is 0 Å². The van der Waals surface area contributed by atoms with Crippen LogP contribution in [0.1, 0.15) is 293 Å². The third-order valence-electron chi connectivity index (χ3n) is 29.4. The monoisotopic (exact) mass is 1670 g/mol. The molecule has 4 N–H and O–H groups in total. The lowest BCUT2D eigenvalue weighted by atomic mass is 9.65. The molecule has 0 unspecified atom stereocenters. The topological polar surface area (TPSA) is 291 Å². The molecule has 20 nitrogen and oxygen atoms in total. The summed E-state index contributed by atoms with van der Waals surface area (Å²) in [6.45, 7) is 41.2. The lowest BCUT2D eigenvalue weighted by Gasteiger charge is -2.44. The summed E-state index contributed by atoms with van der Waals surface area (Å²) in [6.07, 6.45) is 38.5. The zero-order valence-corrected chi connectivity index (χ0v) is 76.4. The highest BCUT2D eigenvalue weighted by atomic mass is 16.6. The summed E-state index contributed by atoms with van der Waals surface area (Å²) in [6, 6.07) is 0. The predicted molar refractivity (Wildman–Crippen MR) is 462 cm³/mol. The van der Waals surface area contributed by atoms with Crippen LogP contribution in [0.5, 0.6) is 0 Å². The van der Waals surface area contributed by atoms with Gasteiger partial charge in [0.05, 0.1) is 71.8 Å². The number of rotatable bonds is 24. The molecule has 0 aromatic rings. The van der Waals surface area contributed by atoms with Gasteiger partial charge in [-0.3, -0.25) is 38.4 Å². The van der Waals surface area contributed by atoms with E-state index in [4.69, 9.17) is 37.9 Å². The molecule has 4 aliphatic heterocycles. The summed E-state index contributed by atoms with van der Waals surface area (Å²) in [7, 11) is 0. The quantitative estimate of drug-likeness (QED) is 0.0516. The van der Waals surface area contributed by atoms with Crippen molar-refractivity contribution in [2.45, 2.75) is 366 Å². The second kappa shape index (κ2) is 42.5. The molecule has 0 radical (unpaired) electrons. The fourth-order valence-electron chi connectivity index (χ4n) is 20.3. The first-order valence-electron chi connectivity index (χ1n) is 46.4. The molecular weight excluding hydrogens is 1520 g/mol. The summed E-state index contributed by atoms with van der Waals surface area (Å²) in [5, 5.41) is 39.7. The van der Waals surface area contributed by atoms with Crippen LogP contribution in [0.2, 0.25) is 0 Å². The molecule has 4 heterocycles. The number of aliphatic hydroxyl groups excluding tert-OH is 4. The van der Waals surface area contributed by atoms with E-state index >= 15 is 0 Å². The van der Waals surface area contributed by atoms with Crippen molar-refractivity contribution in [3.05, 3.63) is 95.2 Å². The van der Waals surface area contributed by atoms with Crippen LogP contribution in [0.4, 0.5) is 0 Å². The van der Waals surface area contributed by atoms with E-state index in [1.165, 1.54) is 22.3 Å². The Balaban J connectivity index is 0.000000182. The van der Waals surface area contributed by atoms with Gasteiger partial charge in [0.2, 0.25) is 0 Å². The van der Waals surface area contributed by atoms with E-state index < -0.39 is 46.1 Å². The summed E-state index contributed by atoms with van der Waals surface area (Å²) in [5.41, 5.74) is 3.14. The van der Waals surface area contributed by atoms with Crippen LogP contribution < -0.4 is 0 Å². The third-order valence-corrected chi connectivity index (χ3v) is 29.4. The molecule has 12 aliphatic rings. The van der Waals surface area contributed by atoms with Gasteiger partial charge in [0, 0.05) is 49.4 Å². The molecule has 0 aromatic heterocycles. The standard InChI is InChI=1S/4C25H38O5/c4*1-6-25(4,5)24(28)30-21-12-15(2)11-17-8-7-16(3)20(23(17)21)10-9-19-13-18(26)14-22(27)29-19/h4*7-8,11,15-16,18-21,23,26H,6,9-10,12-14H2,1-5H3/t4*15-,16-,18+,19+,20-,21-,23-/m0000/s1. The van der Waals surface area contributed by atoms with Crippen LogP contribution in [0, 0.1) is 116 Å². The lowest BCUT2D eigenvalue weighted by Crippen LogP contribution is -2.43. The molecule has 0 aromatic carbocycles. The number of esters is 8. The number of allylic oxidation sites excluding steroid dienone is 12. The number of aliphatic hydroxyl groups is 4. The molecule has 20 heteroatoms. The maximum absolute atomic E-state index is 12.9. The molecule has 28 atom stereocenters. The smallest absolute Gasteiger partial charge is 0.311 e. The highest BCUT2D eigenvalue weighted by Crippen LogP contribution is 2.51. The molecular formula is C100H152O20. The van der Waals surface area contributed by atoms with Crippen LogP contribution in [0.3, 0.4) is 0 Å². The van der Waals surface area contributed by atoms with Crippen molar-refractivity contribution < 1.29 is 96.7 Å². The van der Waals surface area contributed by atoms with Crippen molar-refractivity contribution in [3.63, 3.8) is 0 Å². The third kappa shape index (κ3) is 25.9. The normalized spacial score (nSPS) is 36.5. The van der Waals surface area contributed by atoms with Crippen LogP contribution in [0.25, 0.3) is 0 Å². The number of cyclic esters (lactones) is 4. The molecule has 12 rings (SSSR count). The van der Waals surface area contributed by atoms with Gasteiger partial charge in [0.1, 0.15) is 48.8 Å². The second-order valence-electron chi connectivity index (χ2n) is 41.0. The summed E-state index contributed by atoms with van der Waals surface area (Å²) in [5.74, 6) is 3.10. The minimum Gasteiger partial charge on any atom is -0.462 e. The summed E-state index contributed by atoms with van der Waals surface area (Å²) >= 11 is 0. The number of carbonyl (C=O) groups excluding carboxylic acids is 8. The van der Waals surface area contributed by atoms with Gasteiger partial charge in [0.25, 0.3) is 0 Å². The van der Waals surface area contributed by atoms with E-state index in [0.717, 1.165) is 103 Å². The van der Waals surface area contributed by atoms with Gasteiger partial charge in [-0.25, -0.2) is 0 Å². The maximum atomic E-state index is 12.9. The van der Waals surface area contributed by atoms with E-state index in [9.17, 15) is 58.8 Å². The second-order valence-corrected chi connectivity index (χ2v) is 41.0. The zero-order chi connectivity index (χ0) is 88.2. The number of carbonyl (C=O) groups is 8. The van der Waals surface area contributed by atoms with Crippen molar-refractivity contribution in [1.29, 1.82) is 0 Å². The number of fused-ring (bicyclic) bond motifs is 4. The van der Waals surface area contributed by atoms with E-state index in [2.05, 4.69) is 128 Å². The van der Waals surface area contributed by atoms with E-state index in [-0.39, 0.29) is 146 Å². The Morgan fingerprint density at radius 3 is 0.667 bits per heavy atom. The molecule has 0 amide bonds. The van der Waals surface area contributed by atoms with Gasteiger partial charge >= 0.3 is 47.8 Å². The molecule has 672 valence electrons. The lowest BCUT2D eigenvalue weighted by molar-refractivity contribution is -0.166. The van der Waals surface area contributed by atoms with Gasteiger partial charge in [-0.1, -0.05) is 156 Å². The predicted octanol–water partition coefficient (Wildman–Crippen LogP) is 18.3. The fourth-order valence-corrected chi connectivity index (χ4v) is 20.3. The van der Waals surface area contributed by atoms with Gasteiger partial charge in [0.15, 0.2) is 0 Å². The first-order chi connectivity index (χ1) is 56.4. The molecule has 0 saturated carbocycles. The highest BCUT2D eigenvalue weighted by molar-refractivity contribution is 5.78. The van der Waals surface area contributed by atoms with Crippen molar-refractivity contribution in [2.24, 2.45) is 116 Å². The molecule has 4 saturated heterocycles. The minimum absolute atomic E-state index is 0.0949. The summed E-state index contributed by atoms with van der Waals surface area (Å²) < 4.78 is 46.5. The fraction of sp³-hybridized carbons (Fsp3) is 0.760. The molecule has 4 fully saturated rings. The van der Waals surface area contributed by atoms with Crippen molar-refractivity contribution in [1.82, 2.24) is 0 Å². The first-order valence-corrected chi connectivity index (χ1v) is 46.4. The Hall–Kier alpha value is -6.48. The van der Waals surface area contributed by atoms with Crippen molar-refractivity contribution in [3.8, 4) is 0 Å². The Morgan fingerprint density at radius 2 is 0.500 bits per heavy atom. The average Bonchev–Trinajstić information content (AvgIpc) is 0.789. The maximum Gasteiger partial charge on any atom is 0.311 e. The highest BCUT2D eigenvalue weighted by Gasteiger charge is 2.50. The Bertz CT molecular complexity index is 3310. The Kier molecular flexibility index (Phi) is 34.4.